The third-order valence-electron chi connectivity index (χ3n) is 2.03. The Hall–Kier alpha value is -1.44. The Balaban J connectivity index is 3.57. The maximum Gasteiger partial charge on any atom is 0.418 e. The second-order valence-corrected chi connectivity index (χ2v) is 3.48. The Kier molecular flexibility index (Phi) is 4.10. The molecule has 0 fully saturated rings. The van der Waals surface area contributed by atoms with Gasteiger partial charge in [-0.05, 0) is 6.07 Å². The van der Waals surface area contributed by atoms with Gasteiger partial charge in [0, 0.05) is 5.56 Å². The zero-order valence-electron chi connectivity index (χ0n) is 8.56. The van der Waals surface area contributed by atoms with Gasteiger partial charge in [-0.3, -0.25) is 4.79 Å². The summed E-state index contributed by atoms with van der Waals surface area (Å²) >= 11 is 5.24. The van der Waals surface area contributed by atoms with E-state index < -0.39 is 46.9 Å². The second kappa shape index (κ2) is 5.05. The van der Waals surface area contributed by atoms with Crippen LogP contribution in [0.5, 0.6) is 0 Å². The quantitative estimate of drug-likeness (QED) is 0.687. The van der Waals surface area contributed by atoms with Crippen LogP contribution in [-0.4, -0.2) is 10.9 Å². The highest BCUT2D eigenvalue weighted by Gasteiger charge is 2.36. The SMILES string of the molecule is NC(=O)c1nc(CCl)c(C(F)(F)F)cc1C(F)F. The summed E-state index contributed by atoms with van der Waals surface area (Å²) in [7, 11) is 0. The molecule has 0 aliphatic carbocycles. The number of aromatic nitrogens is 1. The molecule has 1 aromatic rings. The van der Waals surface area contributed by atoms with Crippen LogP contribution >= 0.6 is 11.6 Å². The molecule has 9 heteroatoms. The highest BCUT2D eigenvalue weighted by molar-refractivity contribution is 6.17. The first-order valence-corrected chi connectivity index (χ1v) is 4.96. The topological polar surface area (TPSA) is 56.0 Å². The molecule has 0 saturated heterocycles. The van der Waals surface area contributed by atoms with Gasteiger partial charge in [-0.25, -0.2) is 13.8 Å². The molecule has 1 heterocycles. The van der Waals surface area contributed by atoms with E-state index in [-0.39, 0.29) is 6.07 Å². The van der Waals surface area contributed by atoms with Crippen molar-refractivity contribution in [2.24, 2.45) is 5.73 Å². The van der Waals surface area contributed by atoms with E-state index in [4.69, 9.17) is 17.3 Å². The average Bonchev–Trinajstić information content (AvgIpc) is 2.25. The van der Waals surface area contributed by atoms with Gasteiger partial charge in [-0.1, -0.05) is 0 Å². The van der Waals surface area contributed by atoms with Crippen molar-refractivity contribution in [3.63, 3.8) is 0 Å². The van der Waals surface area contributed by atoms with Crippen LogP contribution in [0.15, 0.2) is 6.07 Å². The van der Waals surface area contributed by atoms with E-state index in [9.17, 15) is 26.7 Å². The highest BCUT2D eigenvalue weighted by atomic mass is 35.5. The van der Waals surface area contributed by atoms with Crippen LogP contribution in [0.25, 0.3) is 0 Å². The van der Waals surface area contributed by atoms with E-state index in [1.165, 1.54) is 0 Å². The van der Waals surface area contributed by atoms with Crippen molar-refractivity contribution < 1.29 is 26.7 Å². The van der Waals surface area contributed by atoms with Gasteiger partial charge < -0.3 is 5.73 Å². The number of hydrogen-bond donors (Lipinski definition) is 1. The number of amides is 1. The van der Waals surface area contributed by atoms with Crippen molar-refractivity contribution in [3.8, 4) is 0 Å². The molecule has 0 radical (unpaired) electrons. The molecular formula is C9H6ClF5N2O. The smallest absolute Gasteiger partial charge is 0.364 e. The number of primary amides is 1. The summed E-state index contributed by atoms with van der Waals surface area (Å²) in [5.41, 5.74) is 0.579. The zero-order chi connectivity index (χ0) is 14.1. The fraction of sp³-hybridized carbons (Fsp3) is 0.333. The van der Waals surface area contributed by atoms with E-state index >= 15 is 0 Å². The Morgan fingerprint density at radius 1 is 1.44 bits per heavy atom. The minimum absolute atomic E-state index is 0.148. The average molecular weight is 289 g/mol. The van der Waals surface area contributed by atoms with E-state index in [2.05, 4.69) is 4.98 Å². The first kappa shape index (κ1) is 14.6. The summed E-state index contributed by atoms with van der Waals surface area (Å²) in [6, 6.07) is 0.148. The molecule has 0 aliphatic heterocycles. The van der Waals surface area contributed by atoms with Crippen LogP contribution in [0.1, 0.15) is 33.7 Å². The Labute approximate surface area is 103 Å². The van der Waals surface area contributed by atoms with Gasteiger partial charge in [0.05, 0.1) is 17.1 Å². The lowest BCUT2D eigenvalue weighted by Gasteiger charge is -2.14. The molecule has 0 unspecified atom stereocenters. The second-order valence-electron chi connectivity index (χ2n) is 3.22. The predicted octanol–water partition coefficient (Wildman–Crippen LogP) is 2.88. The summed E-state index contributed by atoms with van der Waals surface area (Å²) in [4.78, 5) is 14.0. The van der Waals surface area contributed by atoms with Crippen LogP contribution in [0.4, 0.5) is 22.0 Å². The minimum Gasteiger partial charge on any atom is -0.364 e. The van der Waals surface area contributed by atoms with Crippen LogP contribution in [0, 0.1) is 0 Å². The molecule has 3 nitrogen and oxygen atoms in total. The molecule has 0 spiro atoms. The molecule has 0 saturated carbocycles. The molecule has 0 atom stereocenters. The maximum absolute atomic E-state index is 12.6. The van der Waals surface area contributed by atoms with Gasteiger partial charge >= 0.3 is 6.18 Å². The van der Waals surface area contributed by atoms with Crippen molar-refractivity contribution in [1.82, 2.24) is 4.98 Å². The summed E-state index contributed by atoms with van der Waals surface area (Å²) < 4.78 is 62.7. The van der Waals surface area contributed by atoms with E-state index in [0.717, 1.165) is 0 Å². The summed E-state index contributed by atoms with van der Waals surface area (Å²) in [6.45, 7) is 0. The van der Waals surface area contributed by atoms with E-state index in [1.54, 1.807) is 0 Å². The van der Waals surface area contributed by atoms with E-state index in [1.807, 2.05) is 0 Å². The number of pyridine rings is 1. The molecule has 0 aliphatic rings. The van der Waals surface area contributed by atoms with Crippen LogP contribution in [0.3, 0.4) is 0 Å². The fourth-order valence-electron chi connectivity index (χ4n) is 1.28. The van der Waals surface area contributed by atoms with E-state index in [0.29, 0.717) is 0 Å². The number of alkyl halides is 6. The van der Waals surface area contributed by atoms with Gasteiger partial charge in [0.1, 0.15) is 5.69 Å². The first-order chi connectivity index (χ1) is 8.18. The first-order valence-electron chi connectivity index (χ1n) is 4.43. The van der Waals surface area contributed by atoms with Crippen molar-refractivity contribution in [2.45, 2.75) is 18.5 Å². The van der Waals surface area contributed by atoms with Crippen molar-refractivity contribution in [3.05, 3.63) is 28.6 Å². The fourth-order valence-corrected chi connectivity index (χ4v) is 1.48. The zero-order valence-corrected chi connectivity index (χ0v) is 9.32. The lowest BCUT2D eigenvalue weighted by atomic mass is 10.1. The standard InChI is InChI=1S/C9H6ClF5N2O/c10-2-5-4(9(13,14)15)1-3(7(11)12)6(17-5)8(16)18/h1,7H,2H2,(H2,16,18). The number of carbonyl (C=O) groups is 1. The number of halogens is 6. The Morgan fingerprint density at radius 2 is 2.00 bits per heavy atom. The highest BCUT2D eigenvalue weighted by Crippen LogP contribution is 2.35. The molecule has 1 rings (SSSR count). The third kappa shape index (κ3) is 2.87. The van der Waals surface area contributed by atoms with Gasteiger partial charge in [-0.15, -0.1) is 11.6 Å². The molecule has 2 N–H and O–H groups in total. The summed E-state index contributed by atoms with van der Waals surface area (Å²) in [5.74, 6) is -2.02. The molecule has 0 aromatic carbocycles. The molecule has 18 heavy (non-hydrogen) atoms. The van der Waals surface area contributed by atoms with Crippen LogP contribution in [-0.2, 0) is 12.1 Å². The lowest BCUT2D eigenvalue weighted by molar-refractivity contribution is -0.138. The predicted molar refractivity (Wildman–Crippen MR) is 52.3 cm³/mol. The summed E-state index contributed by atoms with van der Waals surface area (Å²) in [6.07, 6.45) is -8.19. The Bertz CT molecular complexity index is 475. The van der Waals surface area contributed by atoms with Crippen molar-refractivity contribution in [2.75, 3.05) is 0 Å². The van der Waals surface area contributed by atoms with Gasteiger partial charge in [0.25, 0.3) is 12.3 Å². The Morgan fingerprint density at radius 3 is 2.33 bits per heavy atom. The lowest BCUT2D eigenvalue weighted by Crippen LogP contribution is -2.20. The summed E-state index contributed by atoms with van der Waals surface area (Å²) in [5, 5.41) is 0. The maximum atomic E-state index is 12.6. The van der Waals surface area contributed by atoms with Crippen LogP contribution in [0.2, 0.25) is 0 Å². The molecule has 0 bridgehead atoms. The van der Waals surface area contributed by atoms with Gasteiger partial charge in [-0.2, -0.15) is 13.2 Å². The number of nitrogens with two attached hydrogens (primary N) is 1. The largest absolute Gasteiger partial charge is 0.418 e. The number of hydrogen-bond acceptors (Lipinski definition) is 2. The number of rotatable bonds is 3. The molecule has 100 valence electrons. The normalized spacial score (nSPS) is 11.9. The van der Waals surface area contributed by atoms with Gasteiger partial charge in [0.2, 0.25) is 0 Å². The van der Waals surface area contributed by atoms with Gasteiger partial charge in [0.15, 0.2) is 0 Å². The van der Waals surface area contributed by atoms with Crippen molar-refractivity contribution >= 4 is 17.5 Å². The third-order valence-corrected chi connectivity index (χ3v) is 2.28. The molecule has 1 aromatic heterocycles. The molecule has 1 amide bonds. The molecular weight excluding hydrogens is 283 g/mol. The monoisotopic (exact) mass is 288 g/mol. The number of carbonyl (C=O) groups excluding carboxylic acids is 1. The van der Waals surface area contributed by atoms with Crippen LogP contribution < -0.4 is 5.73 Å². The minimum atomic E-state index is -4.89. The number of nitrogens with zero attached hydrogens (tertiary/aromatic N) is 1. The van der Waals surface area contributed by atoms with Crippen molar-refractivity contribution in [1.29, 1.82) is 0 Å².